The minimum atomic E-state index is -1.54. The molecule has 2 rings (SSSR count). The van der Waals surface area contributed by atoms with Gasteiger partial charge < -0.3 is 5.32 Å². The van der Waals surface area contributed by atoms with Crippen LogP contribution >= 0.6 is 22.9 Å². The standard InChI is InChI=1S/C9H3ClF2N4O3S/c10-9-15-14-8(20-9)7(17)13-6-4(16(18)19)2-1-3(11)5(6)12/h1-2H,(H,13,17). The van der Waals surface area contributed by atoms with Gasteiger partial charge in [-0.3, -0.25) is 14.9 Å². The van der Waals surface area contributed by atoms with Gasteiger partial charge in [-0.05, 0) is 17.7 Å². The topological polar surface area (TPSA) is 98.0 Å². The number of aromatic nitrogens is 2. The van der Waals surface area contributed by atoms with Crippen LogP contribution in [0, 0.1) is 21.7 Å². The second-order valence-corrected chi connectivity index (χ2v) is 4.89. The van der Waals surface area contributed by atoms with Crippen molar-refractivity contribution < 1.29 is 18.5 Å². The summed E-state index contributed by atoms with van der Waals surface area (Å²) in [6, 6.07) is 1.33. The van der Waals surface area contributed by atoms with Crippen molar-refractivity contribution in [1.82, 2.24) is 10.2 Å². The lowest BCUT2D eigenvalue weighted by atomic mass is 10.2. The Kier molecular flexibility index (Phi) is 3.86. The Hall–Kier alpha value is -2.20. The highest BCUT2D eigenvalue weighted by Crippen LogP contribution is 2.29. The van der Waals surface area contributed by atoms with E-state index in [4.69, 9.17) is 11.6 Å². The molecule has 0 bridgehead atoms. The number of amides is 1. The van der Waals surface area contributed by atoms with Crippen molar-refractivity contribution in [1.29, 1.82) is 0 Å². The third kappa shape index (κ3) is 2.70. The molecule has 0 fully saturated rings. The fourth-order valence-corrected chi connectivity index (χ4v) is 2.00. The largest absolute Gasteiger partial charge is 0.312 e. The van der Waals surface area contributed by atoms with Crippen LogP contribution < -0.4 is 5.32 Å². The number of nitro benzene ring substituents is 1. The molecule has 0 saturated heterocycles. The van der Waals surface area contributed by atoms with E-state index in [1.807, 2.05) is 5.32 Å². The SMILES string of the molecule is O=C(Nc1c([N+](=O)[O-])ccc(F)c1F)c1nnc(Cl)s1. The molecule has 1 amide bonds. The molecular formula is C9H3ClF2N4O3S. The van der Waals surface area contributed by atoms with Crippen LogP contribution in [0.15, 0.2) is 12.1 Å². The zero-order valence-electron chi connectivity index (χ0n) is 9.26. The number of hydrogen-bond donors (Lipinski definition) is 1. The second-order valence-electron chi connectivity index (χ2n) is 3.33. The first kappa shape index (κ1) is 14.2. The first-order valence-electron chi connectivity index (χ1n) is 4.83. The van der Waals surface area contributed by atoms with E-state index in [-0.39, 0.29) is 9.47 Å². The van der Waals surface area contributed by atoms with E-state index >= 15 is 0 Å². The predicted molar refractivity (Wildman–Crippen MR) is 65.9 cm³/mol. The van der Waals surface area contributed by atoms with Crippen molar-refractivity contribution in [2.75, 3.05) is 5.32 Å². The number of benzene rings is 1. The van der Waals surface area contributed by atoms with Crippen LogP contribution in [0.3, 0.4) is 0 Å². The number of nitrogens with one attached hydrogen (secondary N) is 1. The smallest absolute Gasteiger partial charge is 0.296 e. The number of rotatable bonds is 3. The molecular weight excluding hydrogens is 318 g/mol. The number of anilines is 1. The summed E-state index contributed by atoms with van der Waals surface area (Å²) in [6.45, 7) is 0. The van der Waals surface area contributed by atoms with Gasteiger partial charge in [0.05, 0.1) is 4.92 Å². The van der Waals surface area contributed by atoms with E-state index in [2.05, 4.69) is 10.2 Å². The van der Waals surface area contributed by atoms with E-state index in [0.29, 0.717) is 17.4 Å². The van der Waals surface area contributed by atoms with Crippen LogP contribution in [0.2, 0.25) is 4.47 Å². The Morgan fingerprint density at radius 3 is 2.65 bits per heavy atom. The van der Waals surface area contributed by atoms with Gasteiger partial charge in [-0.2, -0.15) is 0 Å². The Morgan fingerprint density at radius 2 is 2.10 bits per heavy atom. The summed E-state index contributed by atoms with van der Waals surface area (Å²) in [7, 11) is 0. The number of halogens is 3. The van der Waals surface area contributed by atoms with E-state index < -0.39 is 33.8 Å². The monoisotopic (exact) mass is 320 g/mol. The molecule has 104 valence electrons. The van der Waals surface area contributed by atoms with Crippen molar-refractivity contribution >= 4 is 40.2 Å². The lowest BCUT2D eigenvalue weighted by Gasteiger charge is -2.05. The van der Waals surface area contributed by atoms with Gasteiger partial charge in [0.15, 0.2) is 17.3 Å². The second kappa shape index (κ2) is 5.43. The Bertz CT molecular complexity index is 708. The highest BCUT2D eigenvalue weighted by Gasteiger charge is 2.25. The minimum Gasteiger partial charge on any atom is -0.312 e. The summed E-state index contributed by atoms with van der Waals surface area (Å²) in [6.07, 6.45) is 0. The molecule has 0 aliphatic heterocycles. The quantitative estimate of drug-likeness (QED) is 0.692. The van der Waals surface area contributed by atoms with E-state index in [0.717, 1.165) is 6.07 Å². The summed E-state index contributed by atoms with van der Waals surface area (Å²) in [5, 5.41) is 19.1. The Balaban J connectivity index is 2.40. The maximum atomic E-state index is 13.6. The maximum absolute atomic E-state index is 13.6. The molecule has 0 spiro atoms. The van der Waals surface area contributed by atoms with Gasteiger partial charge in [-0.15, -0.1) is 10.2 Å². The van der Waals surface area contributed by atoms with Crippen molar-refractivity contribution in [3.63, 3.8) is 0 Å². The van der Waals surface area contributed by atoms with Gasteiger partial charge in [0, 0.05) is 6.07 Å². The molecule has 0 aliphatic rings. The molecule has 0 unspecified atom stereocenters. The first-order chi connectivity index (χ1) is 9.40. The van der Waals surface area contributed by atoms with Crippen molar-refractivity contribution in [2.24, 2.45) is 0 Å². The molecule has 0 saturated carbocycles. The van der Waals surface area contributed by atoms with Crippen LogP contribution in [0.4, 0.5) is 20.2 Å². The highest BCUT2D eigenvalue weighted by atomic mass is 35.5. The molecule has 1 N–H and O–H groups in total. The Labute approximate surface area is 118 Å². The number of nitrogens with zero attached hydrogens (tertiary/aromatic N) is 3. The third-order valence-electron chi connectivity index (χ3n) is 2.10. The molecule has 0 aliphatic carbocycles. The molecule has 2 aromatic rings. The van der Waals surface area contributed by atoms with Gasteiger partial charge in [-0.1, -0.05) is 11.3 Å². The average Bonchev–Trinajstić information content (AvgIpc) is 2.81. The van der Waals surface area contributed by atoms with E-state index in [9.17, 15) is 23.7 Å². The number of hydrogen-bond acceptors (Lipinski definition) is 6. The molecule has 1 aromatic carbocycles. The van der Waals surface area contributed by atoms with Crippen molar-refractivity contribution in [3.8, 4) is 0 Å². The van der Waals surface area contributed by atoms with Crippen LogP contribution in [0.1, 0.15) is 9.80 Å². The lowest BCUT2D eigenvalue weighted by Crippen LogP contribution is -2.15. The van der Waals surface area contributed by atoms with E-state index in [1.54, 1.807) is 0 Å². The molecule has 1 heterocycles. The molecule has 0 atom stereocenters. The summed E-state index contributed by atoms with van der Waals surface area (Å²) < 4.78 is 26.6. The minimum absolute atomic E-state index is 0.0376. The van der Waals surface area contributed by atoms with Crippen molar-refractivity contribution in [2.45, 2.75) is 0 Å². The molecule has 20 heavy (non-hydrogen) atoms. The van der Waals surface area contributed by atoms with Crippen LogP contribution in [0.5, 0.6) is 0 Å². The number of nitro groups is 1. The molecule has 1 aromatic heterocycles. The summed E-state index contributed by atoms with van der Waals surface area (Å²) in [4.78, 5) is 21.5. The first-order valence-corrected chi connectivity index (χ1v) is 6.02. The van der Waals surface area contributed by atoms with E-state index in [1.165, 1.54) is 0 Å². The zero-order chi connectivity index (χ0) is 14.9. The fourth-order valence-electron chi connectivity index (χ4n) is 1.28. The molecule has 0 radical (unpaired) electrons. The van der Waals surface area contributed by atoms with Crippen LogP contribution in [0.25, 0.3) is 0 Å². The molecule has 7 nitrogen and oxygen atoms in total. The number of carbonyl (C=O) groups is 1. The van der Waals surface area contributed by atoms with Crippen molar-refractivity contribution in [3.05, 3.63) is 43.4 Å². The average molecular weight is 321 g/mol. The zero-order valence-corrected chi connectivity index (χ0v) is 10.8. The van der Waals surface area contributed by atoms with Crippen LogP contribution in [-0.4, -0.2) is 21.0 Å². The lowest BCUT2D eigenvalue weighted by molar-refractivity contribution is -0.384. The number of carbonyl (C=O) groups excluding carboxylic acids is 1. The van der Waals surface area contributed by atoms with Gasteiger partial charge in [0.25, 0.3) is 11.6 Å². The predicted octanol–water partition coefficient (Wildman–Crippen LogP) is 2.63. The van der Waals surface area contributed by atoms with Gasteiger partial charge >= 0.3 is 0 Å². The normalized spacial score (nSPS) is 10.3. The maximum Gasteiger partial charge on any atom is 0.296 e. The van der Waals surface area contributed by atoms with Crippen LogP contribution in [-0.2, 0) is 0 Å². The summed E-state index contributed by atoms with van der Waals surface area (Å²) in [5.41, 5.74) is -1.67. The summed E-state index contributed by atoms with van der Waals surface area (Å²) in [5.74, 6) is -3.86. The highest BCUT2D eigenvalue weighted by molar-refractivity contribution is 7.17. The summed E-state index contributed by atoms with van der Waals surface area (Å²) >= 11 is 6.15. The third-order valence-corrected chi connectivity index (χ3v) is 3.12. The van der Waals surface area contributed by atoms with Gasteiger partial charge in [0.1, 0.15) is 0 Å². The fraction of sp³-hybridized carbons (Fsp3) is 0. The van der Waals surface area contributed by atoms with Gasteiger partial charge in [0.2, 0.25) is 9.47 Å². The molecule has 11 heteroatoms. The van der Waals surface area contributed by atoms with Gasteiger partial charge in [-0.25, -0.2) is 8.78 Å². The Morgan fingerprint density at radius 1 is 1.40 bits per heavy atom.